The highest BCUT2D eigenvalue weighted by molar-refractivity contribution is 7.11. The van der Waals surface area contributed by atoms with Crippen LogP contribution in [0.25, 0.3) is 0 Å². The second-order valence-electron chi connectivity index (χ2n) is 4.68. The largest absolute Gasteiger partial charge is 0.305 e. The van der Waals surface area contributed by atoms with E-state index in [9.17, 15) is 0 Å². The first-order chi connectivity index (χ1) is 7.19. The van der Waals surface area contributed by atoms with Crippen molar-refractivity contribution in [1.82, 2.24) is 10.3 Å². The molecule has 1 atom stereocenters. The molecule has 0 spiro atoms. The lowest BCUT2D eigenvalue weighted by Gasteiger charge is -2.35. The van der Waals surface area contributed by atoms with Crippen LogP contribution in [0, 0.1) is 5.92 Å². The zero-order chi connectivity index (χ0) is 10.8. The highest BCUT2D eigenvalue weighted by atomic mass is 32.1. The first-order valence-corrected chi connectivity index (χ1v) is 6.71. The monoisotopic (exact) mass is 224 g/mol. The minimum Gasteiger partial charge on any atom is -0.305 e. The number of hydrogen-bond donors (Lipinski definition) is 1. The van der Waals surface area contributed by atoms with Gasteiger partial charge in [0, 0.05) is 17.1 Å². The van der Waals surface area contributed by atoms with Gasteiger partial charge in [0.2, 0.25) is 0 Å². The van der Waals surface area contributed by atoms with Crippen molar-refractivity contribution in [2.75, 3.05) is 0 Å². The lowest BCUT2D eigenvalue weighted by molar-refractivity contribution is 0.226. The molecule has 2 rings (SSSR count). The minimum atomic E-state index is 0.424. The van der Waals surface area contributed by atoms with Crippen molar-refractivity contribution in [3.05, 3.63) is 16.1 Å². The molecule has 1 unspecified atom stereocenters. The van der Waals surface area contributed by atoms with Gasteiger partial charge >= 0.3 is 0 Å². The number of thiazole rings is 1. The third kappa shape index (κ3) is 2.58. The first kappa shape index (κ1) is 11.1. The van der Waals surface area contributed by atoms with Crippen LogP contribution in [0.3, 0.4) is 0 Å². The molecule has 0 radical (unpaired) electrons. The van der Waals surface area contributed by atoms with E-state index in [0.717, 1.165) is 18.4 Å². The predicted molar refractivity (Wildman–Crippen MR) is 65.2 cm³/mol. The molecule has 1 aliphatic carbocycles. The molecule has 1 aromatic heterocycles. The van der Waals surface area contributed by atoms with Crippen LogP contribution in [0.15, 0.2) is 6.20 Å². The highest BCUT2D eigenvalue weighted by Crippen LogP contribution is 2.29. The topological polar surface area (TPSA) is 24.9 Å². The van der Waals surface area contributed by atoms with Crippen molar-refractivity contribution >= 4 is 11.3 Å². The fourth-order valence-electron chi connectivity index (χ4n) is 2.15. The van der Waals surface area contributed by atoms with Crippen molar-refractivity contribution in [1.29, 1.82) is 0 Å². The summed E-state index contributed by atoms with van der Waals surface area (Å²) < 4.78 is 0. The SMILES string of the molecule is CCc1cnc(C(C)NC2CC(C)C2)s1. The Bertz CT molecular complexity index is 315. The minimum absolute atomic E-state index is 0.424. The zero-order valence-corrected chi connectivity index (χ0v) is 10.6. The maximum Gasteiger partial charge on any atom is 0.109 e. The number of hydrogen-bond acceptors (Lipinski definition) is 3. The van der Waals surface area contributed by atoms with E-state index in [1.165, 1.54) is 22.7 Å². The number of aromatic nitrogens is 1. The molecule has 3 heteroatoms. The van der Waals surface area contributed by atoms with Crippen molar-refractivity contribution < 1.29 is 0 Å². The first-order valence-electron chi connectivity index (χ1n) is 5.89. The Labute approximate surface area is 96.1 Å². The summed E-state index contributed by atoms with van der Waals surface area (Å²) in [5, 5.41) is 4.89. The van der Waals surface area contributed by atoms with E-state index < -0.39 is 0 Å². The number of nitrogens with one attached hydrogen (secondary N) is 1. The molecule has 1 saturated carbocycles. The second-order valence-corrected chi connectivity index (χ2v) is 5.83. The van der Waals surface area contributed by atoms with E-state index in [4.69, 9.17) is 0 Å². The van der Waals surface area contributed by atoms with Gasteiger partial charge in [-0.1, -0.05) is 13.8 Å². The van der Waals surface area contributed by atoms with E-state index in [1.54, 1.807) is 0 Å². The van der Waals surface area contributed by atoms with Gasteiger partial charge in [-0.15, -0.1) is 11.3 Å². The van der Waals surface area contributed by atoms with Gasteiger partial charge in [0.25, 0.3) is 0 Å². The van der Waals surface area contributed by atoms with Crippen molar-refractivity contribution in [3.8, 4) is 0 Å². The Morgan fingerprint density at radius 3 is 2.87 bits per heavy atom. The Hall–Kier alpha value is -0.410. The Morgan fingerprint density at radius 1 is 1.60 bits per heavy atom. The molecular formula is C12H20N2S. The van der Waals surface area contributed by atoms with Gasteiger partial charge in [-0.25, -0.2) is 4.98 Å². The average Bonchev–Trinajstić information content (AvgIpc) is 2.63. The number of nitrogens with zero attached hydrogens (tertiary/aromatic N) is 1. The summed E-state index contributed by atoms with van der Waals surface area (Å²) in [6.45, 7) is 6.73. The standard InChI is InChI=1S/C12H20N2S/c1-4-11-7-13-12(15-11)9(3)14-10-5-8(2)6-10/h7-10,14H,4-6H2,1-3H3. The third-order valence-electron chi connectivity index (χ3n) is 3.15. The molecule has 84 valence electrons. The lowest BCUT2D eigenvalue weighted by Crippen LogP contribution is -2.41. The van der Waals surface area contributed by atoms with Crippen LogP contribution in [-0.4, -0.2) is 11.0 Å². The Balaban J connectivity index is 1.87. The molecule has 1 aromatic rings. The van der Waals surface area contributed by atoms with Crippen molar-refractivity contribution in [2.24, 2.45) is 5.92 Å². The average molecular weight is 224 g/mol. The van der Waals surface area contributed by atoms with E-state index in [1.807, 2.05) is 17.5 Å². The normalized spacial score (nSPS) is 27.4. The third-order valence-corrected chi connectivity index (χ3v) is 4.47. The molecule has 2 nitrogen and oxygen atoms in total. The maximum atomic E-state index is 4.47. The molecule has 0 amide bonds. The zero-order valence-electron chi connectivity index (χ0n) is 9.79. The van der Waals surface area contributed by atoms with E-state index in [-0.39, 0.29) is 0 Å². The summed E-state index contributed by atoms with van der Waals surface area (Å²) in [6.07, 6.45) is 5.78. The molecule has 0 aromatic carbocycles. The molecule has 15 heavy (non-hydrogen) atoms. The van der Waals surface area contributed by atoms with Crippen LogP contribution in [0.4, 0.5) is 0 Å². The van der Waals surface area contributed by atoms with Gasteiger partial charge in [0.05, 0.1) is 6.04 Å². The van der Waals surface area contributed by atoms with Gasteiger partial charge < -0.3 is 5.32 Å². The Morgan fingerprint density at radius 2 is 2.33 bits per heavy atom. The smallest absolute Gasteiger partial charge is 0.109 e. The predicted octanol–water partition coefficient (Wildman–Crippen LogP) is 3.15. The summed E-state index contributed by atoms with van der Waals surface area (Å²) in [5.41, 5.74) is 0. The Kier molecular flexibility index (Phi) is 3.42. The number of aryl methyl sites for hydroxylation is 1. The summed E-state index contributed by atoms with van der Waals surface area (Å²) in [6, 6.07) is 1.15. The quantitative estimate of drug-likeness (QED) is 0.850. The van der Waals surface area contributed by atoms with Crippen LogP contribution >= 0.6 is 11.3 Å². The van der Waals surface area contributed by atoms with Crippen LogP contribution in [-0.2, 0) is 6.42 Å². The fourth-order valence-corrected chi connectivity index (χ4v) is 3.02. The van der Waals surface area contributed by atoms with E-state index in [0.29, 0.717) is 6.04 Å². The summed E-state index contributed by atoms with van der Waals surface area (Å²) >= 11 is 1.84. The molecule has 0 bridgehead atoms. The van der Waals surface area contributed by atoms with Gasteiger partial charge in [-0.3, -0.25) is 0 Å². The summed E-state index contributed by atoms with van der Waals surface area (Å²) in [5.74, 6) is 0.914. The molecule has 1 heterocycles. The van der Waals surface area contributed by atoms with Crippen LogP contribution in [0.5, 0.6) is 0 Å². The highest BCUT2D eigenvalue weighted by Gasteiger charge is 2.26. The summed E-state index contributed by atoms with van der Waals surface area (Å²) in [7, 11) is 0. The molecule has 0 saturated heterocycles. The molecule has 1 fully saturated rings. The molecular weight excluding hydrogens is 204 g/mol. The van der Waals surface area contributed by atoms with Crippen molar-refractivity contribution in [3.63, 3.8) is 0 Å². The van der Waals surface area contributed by atoms with Crippen LogP contribution in [0.1, 0.15) is 49.5 Å². The molecule has 1 aliphatic rings. The van der Waals surface area contributed by atoms with Crippen LogP contribution in [0.2, 0.25) is 0 Å². The maximum absolute atomic E-state index is 4.47. The van der Waals surface area contributed by atoms with Gasteiger partial charge in [0.1, 0.15) is 5.01 Å². The molecule has 1 N–H and O–H groups in total. The van der Waals surface area contributed by atoms with Crippen molar-refractivity contribution in [2.45, 2.75) is 52.1 Å². The fraction of sp³-hybridized carbons (Fsp3) is 0.750. The van der Waals surface area contributed by atoms with Gasteiger partial charge in [-0.2, -0.15) is 0 Å². The second kappa shape index (κ2) is 4.62. The number of rotatable bonds is 4. The summed E-state index contributed by atoms with van der Waals surface area (Å²) in [4.78, 5) is 5.86. The van der Waals surface area contributed by atoms with Gasteiger partial charge in [-0.05, 0) is 32.1 Å². The lowest BCUT2D eigenvalue weighted by atomic mass is 9.81. The van der Waals surface area contributed by atoms with Crippen LogP contribution < -0.4 is 5.32 Å². The van der Waals surface area contributed by atoms with E-state index in [2.05, 4.69) is 31.1 Å². The van der Waals surface area contributed by atoms with E-state index >= 15 is 0 Å². The van der Waals surface area contributed by atoms with Gasteiger partial charge in [0.15, 0.2) is 0 Å². The molecule has 0 aliphatic heterocycles.